The van der Waals surface area contributed by atoms with Gasteiger partial charge in [0.25, 0.3) is 0 Å². The molecule has 30 heavy (non-hydrogen) atoms. The summed E-state index contributed by atoms with van der Waals surface area (Å²) in [6, 6.07) is 19.0. The molecule has 0 bridgehead atoms. The second-order valence-electron chi connectivity index (χ2n) is 8.56. The molecule has 3 fully saturated rings. The van der Waals surface area contributed by atoms with Gasteiger partial charge >= 0.3 is 5.97 Å². The van der Waals surface area contributed by atoms with Crippen LogP contribution in [-0.4, -0.2) is 42.0 Å². The van der Waals surface area contributed by atoms with Crippen molar-refractivity contribution in [3.8, 4) is 0 Å². The van der Waals surface area contributed by atoms with Gasteiger partial charge in [-0.05, 0) is 44.4 Å². The van der Waals surface area contributed by atoms with E-state index in [2.05, 4.69) is 0 Å². The van der Waals surface area contributed by atoms with Gasteiger partial charge in [0.05, 0.1) is 12.2 Å². The summed E-state index contributed by atoms with van der Waals surface area (Å²) in [7, 11) is 0. The van der Waals surface area contributed by atoms with Crippen LogP contribution in [0.3, 0.4) is 0 Å². The monoisotopic (exact) mass is 410 g/mol. The van der Waals surface area contributed by atoms with Crippen LogP contribution < -0.4 is 0 Å². The molecule has 0 aromatic heterocycles. The normalized spacial score (nSPS) is 33.8. The maximum Gasteiger partial charge on any atom is 0.338 e. The van der Waals surface area contributed by atoms with Gasteiger partial charge in [0, 0.05) is 0 Å². The molecule has 3 aliphatic rings. The molecular formula is C24H26O6. The lowest BCUT2D eigenvalue weighted by atomic mass is 9.72. The van der Waals surface area contributed by atoms with E-state index in [1.54, 1.807) is 12.1 Å². The van der Waals surface area contributed by atoms with Crippen molar-refractivity contribution in [1.29, 1.82) is 0 Å². The topological polar surface area (TPSA) is 63.2 Å². The Labute approximate surface area is 176 Å². The summed E-state index contributed by atoms with van der Waals surface area (Å²) < 4.78 is 30.6. The molecule has 5 rings (SSSR count). The quantitative estimate of drug-likeness (QED) is 0.698. The predicted octanol–water partition coefficient (Wildman–Crippen LogP) is 3.84. The minimum atomic E-state index is -0.759. The largest absolute Gasteiger partial charge is 0.456 e. The molecule has 0 N–H and O–H groups in total. The van der Waals surface area contributed by atoms with Crippen molar-refractivity contribution < 1.29 is 28.5 Å². The predicted molar refractivity (Wildman–Crippen MR) is 108 cm³/mol. The third-order valence-corrected chi connectivity index (χ3v) is 6.08. The van der Waals surface area contributed by atoms with E-state index >= 15 is 0 Å². The van der Waals surface area contributed by atoms with Gasteiger partial charge in [-0.3, -0.25) is 0 Å². The Hall–Kier alpha value is -2.25. The lowest BCUT2D eigenvalue weighted by Gasteiger charge is -2.48. The van der Waals surface area contributed by atoms with Crippen molar-refractivity contribution in [3.05, 3.63) is 71.8 Å². The number of carbonyl (C=O) groups is 1. The zero-order valence-electron chi connectivity index (χ0n) is 17.2. The van der Waals surface area contributed by atoms with E-state index < -0.39 is 29.9 Å². The molecule has 6 nitrogen and oxygen atoms in total. The van der Waals surface area contributed by atoms with E-state index in [0.29, 0.717) is 18.6 Å². The fraction of sp³-hybridized carbons (Fsp3) is 0.458. The molecule has 158 valence electrons. The van der Waals surface area contributed by atoms with Crippen LogP contribution in [0.1, 0.15) is 42.6 Å². The van der Waals surface area contributed by atoms with Crippen LogP contribution in [0.15, 0.2) is 60.7 Å². The number of fused-ring (bicyclic) bond motifs is 1. The molecule has 1 spiro atoms. The van der Waals surface area contributed by atoms with Crippen LogP contribution in [0.25, 0.3) is 0 Å². The van der Waals surface area contributed by atoms with Crippen LogP contribution in [0.4, 0.5) is 0 Å². The van der Waals surface area contributed by atoms with Gasteiger partial charge in [0.15, 0.2) is 12.1 Å². The lowest BCUT2D eigenvalue weighted by Crippen LogP contribution is -2.62. The van der Waals surface area contributed by atoms with Crippen molar-refractivity contribution in [3.63, 3.8) is 0 Å². The van der Waals surface area contributed by atoms with Crippen LogP contribution in [0.2, 0.25) is 0 Å². The van der Waals surface area contributed by atoms with Gasteiger partial charge in [-0.2, -0.15) is 0 Å². The first-order valence-electron chi connectivity index (χ1n) is 10.4. The van der Waals surface area contributed by atoms with E-state index in [9.17, 15) is 4.79 Å². The molecule has 2 saturated heterocycles. The van der Waals surface area contributed by atoms with Gasteiger partial charge in [-0.15, -0.1) is 0 Å². The molecule has 0 amide bonds. The van der Waals surface area contributed by atoms with Crippen LogP contribution >= 0.6 is 0 Å². The average molecular weight is 410 g/mol. The second-order valence-corrected chi connectivity index (χ2v) is 8.56. The average Bonchev–Trinajstić information content (AvgIpc) is 3.21. The summed E-state index contributed by atoms with van der Waals surface area (Å²) in [5, 5.41) is 0. The third kappa shape index (κ3) is 3.44. The third-order valence-electron chi connectivity index (χ3n) is 6.08. The number of ether oxygens (including phenoxy) is 5. The minimum Gasteiger partial charge on any atom is -0.456 e. The molecular weight excluding hydrogens is 384 g/mol. The Morgan fingerprint density at radius 2 is 1.70 bits per heavy atom. The molecule has 0 radical (unpaired) electrons. The van der Waals surface area contributed by atoms with Crippen molar-refractivity contribution in [1.82, 2.24) is 0 Å². The number of benzene rings is 2. The number of rotatable bonds is 5. The number of esters is 1. The smallest absolute Gasteiger partial charge is 0.338 e. The molecule has 2 aliphatic heterocycles. The highest BCUT2D eigenvalue weighted by Crippen LogP contribution is 2.53. The van der Waals surface area contributed by atoms with Crippen molar-refractivity contribution >= 4 is 5.97 Å². The van der Waals surface area contributed by atoms with Crippen LogP contribution in [-0.2, 0) is 30.3 Å². The maximum atomic E-state index is 12.6. The maximum absolute atomic E-state index is 12.6. The van der Waals surface area contributed by atoms with Crippen molar-refractivity contribution in [2.24, 2.45) is 0 Å². The lowest BCUT2D eigenvalue weighted by molar-refractivity contribution is -0.287. The second kappa shape index (κ2) is 7.46. The Kier molecular flexibility index (Phi) is 4.90. The fourth-order valence-electron chi connectivity index (χ4n) is 4.55. The van der Waals surface area contributed by atoms with E-state index in [4.69, 9.17) is 23.7 Å². The first kappa shape index (κ1) is 19.7. The highest BCUT2D eigenvalue weighted by atomic mass is 16.8. The van der Waals surface area contributed by atoms with Gasteiger partial charge in [0.1, 0.15) is 23.9 Å². The Morgan fingerprint density at radius 1 is 1.00 bits per heavy atom. The number of hydrogen-bond acceptors (Lipinski definition) is 6. The van der Waals surface area contributed by atoms with Crippen molar-refractivity contribution in [2.45, 2.75) is 69.3 Å². The SMILES string of the molecule is CC1(C)OC2O[C@@]3(CC[C@@H]3OC(=O)c3ccccc3)C(OCc3ccccc3)[C@@H]2O1. The Bertz CT molecular complexity index is 898. The van der Waals surface area contributed by atoms with E-state index in [-0.39, 0.29) is 12.1 Å². The van der Waals surface area contributed by atoms with Crippen LogP contribution in [0, 0.1) is 0 Å². The summed E-state index contributed by atoms with van der Waals surface area (Å²) in [5.74, 6) is -1.10. The fourth-order valence-corrected chi connectivity index (χ4v) is 4.55. The molecule has 1 aliphatic carbocycles. The molecule has 5 atom stereocenters. The highest BCUT2D eigenvalue weighted by molar-refractivity contribution is 5.89. The summed E-state index contributed by atoms with van der Waals surface area (Å²) in [4.78, 5) is 12.6. The standard InChI is InChI=1S/C24H26O6/c1-23(2)28-19-20(26-15-16-9-5-3-6-10-16)24(30-22(19)29-23)14-13-18(24)27-21(25)17-11-7-4-8-12-17/h3-12,18-20,22H,13-15H2,1-2H3/t18-,19-,20?,22?,24+/m0/s1. The molecule has 2 unspecified atom stereocenters. The van der Waals surface area contributed by atoms with Gasteiger partial charge in [-0.1, -0.05) is 48.5 Å². The number of hydrogen-bond donors (Lipinski definition) is 0. The van der Waals surface area contributed by atoms with E-state index in [1.807, 2.05) is 62.4 Å². The first-order valence-corrected chi connectivity index (χ1v) is 10.4. The van der Waals surface area contributed by atoms with E-state index in [0.717, 1.165) is 12.0 Å². The van der Waals surface area contributed by atoms with Gasteiger partial charge in [-0.25, -0.2) is 4.79 Å². The van der Waals surface area contributed by atoms with Crippen molar-refractivity contribution in [2.75, 3.05) is 0 Å². The molecule has 2 heterocycles. The number of carbonyl (C=O) groups excluding carboxylic acids is 1. The zero-order valence-corrected chi connectivity index (χ0v) is 17.2. The van der Waals surface area contributed by atoms with Gasteiger partial charge in [0.2, 0.25) is 0 Å². The van der Waals surface area contributed by atoms with E-state index in [1.165, 1.54) is 0 Å². The highest BCUT2D eigenvalue weighted by Gasteiger charge is 2.69. The Balaban J connectivity index is 1.36. The minimum absolute atomic E-state index is 0.357. The summed E-state index contributed by atoms with van der Waals surface area (Å²) >= 11 is 0. The molecule has 2 aromatic rings. The molecule has 6 heteroatoms. The zero-order chi connectivity index (χ0) is 20.8. The first-order chi connectivity index (χ1) is 14.5. The summed E-state index contributed by atoms with van der Waals surface area (Å²) in [6.45, 7) is 4.15. The Morgan fingerprint density at radius 3 is 2.37 bits per heavy atom. The van der Waals surface area contributed by atoms with Gasteiger partial charge < -0.3 is 23.7 Å². The molecule has 2 aromatic carbocycles. The summed E-state index contributed by atoms with van der Waals surface area (Å²) in [5.41, 5.74) is 0.824. The van der Waals surface area contributed by atoms with Crippen LogP contribution in [0.5, 0.6) is 0 Å². The molecule has 1 saturated carbocycles. The summed E-state index contributed by atoms with van der Waals surface area (Å²) in [6.07, 6.45) is -0.286.